The third kappa shape index (κ3) is 3.92. The molecule has 0 heterocycles. The normalized spacial score (nSPS) is 12.7. The zero-order chi connectivity index (χ0) is 14.5. The summed E-state index contributed by atoms with van der Waals surface area (Å²) in [5.74, 6) is 0. The van der Waals surface area contributed by atoms with Crippen molar-refractivity contribution in [3.8, 4) is 0 Å². The van der Waals surface area contributed by atoms with Gasteiger partial charge >= 0.3 is 0 Å². The van der Waals surface area contributed by atoms with Gasteiger partial charge in [0.1, 0.15) is 0 Å². The van der Waals surface area contributed by atoms with Gasteiger partial charge in [-0.25, -0.2) is 0 Å². The molecule has 0 fully saturated rings. The predicted molar refractivity (Wildman–Crippen MR) is 88.6 cm³/mol. The monoisotopic (exact) mass is 332 g/mol. The van der Waals surface area contributed by atoms with Crippen molar-refractivity contribution in [2.45, 2.75) is 19.5 Å². The van der Waals surface area contributed by atoms with Gasteiger partial charge in [0, 0.05) is 23.6 Å². The highest BCUT2D eigenvalue weighted by Crippen LogP contribution is 2.23. The van der Waals surface area contributed by atoms with Crippen LogP contribution in [0.25, 0.3) is 0 Å². The van der Waals surface area contributed by atoms with Gasteiger partial charge in [0.25, 0.3) is 0 Å². The standard InChI is InChI=1S/C17H21BrN2/c1-13-5-3-6-14(9-13)12-20(2)17(11-19)15-7-4-8-16(18)10-15/h3-10,17H,11-12,19H2,1-2H3. The van der Waals surface area contributed by atoms with Gasteiger partial charge in [0.2, 0.25) is 0 Å². The second-order valence-electron chi connectivity index (χ2n) is 5.21. The molecule has 0 aliphatic heterocycles. The van der Waals surface area contributed by atoms with E-state index in [2.05, 4.69) is 77.3 Å². The first-order valence-corrected chi connectivity index (χ1v) is 7.61. The Kier molecular flexibility index (Phi) is 5.35. The zero-order valence-corrected chi connectivity index (χ0v) is 13.6. The van der Waals surface area contributed by atoms with Crippen molar-refractivity contribution < 1.29 is 0 Å². The van der Waals surface area contributed by atoms with Crippen LogP contribution in [-0.4, -0.2) is 18.5 Å². The molecule has 0 aromatic heterocycles. The molecule has 0 radical (unpaired) electrons. The lowest BCUT2D eigenvalue weighted by Gasteiger charge is -2.27. The lowest BCUT2D eigenvalue weighted by molar-refractivity contribution is 0.241. The van der Waals surface area contributed by atoms with Gasteiger partial charge in [0.15, 0.2) is 0 Å². The van der Waals surface area contributed by atoms with Gasteiger partial charge in [0.05, 0.1) is 0 Å². The second-order valence-corrected chi connectivity index (χ2v) is 6.13. The third-order valence-electron chi connectivity index (χ3n) is 3.50. The van der Waals surface area contributed by atoms with E-state index >= 15 is 0 Å². The van der Waals surface area contributed by atoms with Crippen LogP contribution < -0.4 is 5.73 Å². The topological polar surface area (TPSA) is 29.3 Å². The fourth-order valence-corrected chi connectivity index (χ4v) is 2.91. The van der Waals surface area contributed by atoms with E-state index in [9.17, 15) is 0 Å². The molecule has 1 unspecified atom stereocenters. The summed E-state index contributed by atoms with van der Waals surface area (Å²) < 4.78 is 1.09. The Morgan fingerprint density at radius 1 is 1.15 bits per heavy atom. The van der Waals surface area contributed by atoms with Crippen LogP contribution >= 0.6 is 15.9 Å². The largest absolute Gasteiger partial charge is 0.329 e. The van der Waals surface area contributed by atoms with Crippen molar-refractivity contribution in [3.05, 3.63) is 69.7 Å². The number of rotatable bonds is 5. The van der Waals surface area contributed by atoms with Crippen molar-refractivity contribution in [1.29, 1.82) is 0 Å². The summed E-state index contributed by atoms with van der Waals surface area (Å²) in [5.41, 5.74) is 9.84. The van der Waals surface area contributed by atoms with Crippen LogP contribution in [0.1, 0.15) is 22.7 Å². The van der Waals surface area contributed by atoms with E-state index in [1.807, 2.05) is 6.07 Å². The number of nitrogens with zero attached hydrogens (tertiary/aromatic N) is 1. The average Bonchev–Trinajstić information content (AvgIpc) is 2.39. The lowest BCUT2D eigenvalue weighted by atomic mass is 10.0. The van der Waals surface area contributed by atoms with E-state index in [0.717, 1.165) is 11.0 Å². The maximum absolute atomic E-state index is 5.98. The number of benzene rings is 2. The minimum atomic E-state index is 0.230. The van der Waals surface area contributed by atoms with Gasteiger partial charge < -0.3 is 5.73 Å². The van der Waals surface area contributed by atoms with Crippen molar-refractivity contribution >= 4 is 15.9 Å². The molecule has 1 atom stereocenters. The minimum Gasteiger partial charge on any atom is -0.329 e. The summed E-state index contributed by atoms with van der Waals surface area (Å²) in [5, 5.41) is 0. The summed E-state index contributed by atoms with van der Waals surface area (Å²) >= 11 is 3.53. The fourth-order valence-electron chi connectivity index (χ4n) is 2.49. The van der Waals surface area contributed by atoms with E-state index < -0.39 is 0 Å². The zero-order valence-electron chi connectivity index (χ0n) is 12.0. The summed E-state index contributed by atoms with van der Waals surface area (Å²) in [4.78, 5) is 2.30. The third-order valence-corrected chi connectivity index (χ3v) is 4.00. The SMILES string of the molecule is Cc1cccc(CN(C)C(CN)c2cccc(Br)c2)c1. The molecular formula is C17H21BrN2. The number of likely N-dealkylation sites (N-methyl/N-ethyl adjacent to an activating group) is 1. The van der Waals surface area contributed by atoms with Crippen LogP contribution in [0.5, 0.6) is 0 Å². The molecule has 2 aromatic rings. The Morgan fingerprint density at radius 3 is 2.55 bits per heavy atom. The highest BCUT2D eigenvalue weighted by atomic mass is 79.9. The molecule has 20 heavy (non-hydrogen) atoms. The van der Waals surface area contributed by atoms with Crippen LogP contribution in [0.4, 0.5) is 0 Å². The maximum atomic E-state index is 5.98. The van der Waals surface area contributed by atoms with E-state index in [-0.39, 0.29) is 6.04 Å². The average molecular weight is 333 g/mol. The van der Waals surface area contributed by atoms with E-state index in [0.29, 0.717) is 6.54 Å². The molecule has 0 spiro atoms. The molecule has 2 aromatic carbocycles. The first-order chi connectivity index (χ1) is 9.60. The Bertz CT molecular complexity index is 568. The van der Waals surface area contributed by atoms with Crippen LogP contribution in [0, 0.1) is 6.92 Å². The molecule has 106 valence electrons. The van der Waals surface area contributed by atoms with E-state index in [1.165, 1.54) is 16.7 Å². The van der Waals surface area contributed by atoms with Gasteiger partial charge in [-0.05, 0) is 37.2 Å². The number of hydrogen-bond donors (Lipinski definition) is 1. The molecule has 2 N–H and O–H groups in total. The lowest BCUT2D eigenvalue weighted by Crippen LogP contribution is -2.30. The summed E-state index contributed by atoms with van der Waals surface area (Å²) in [6, 6.07) is 17.2. The number of nitrogens with two attached hydrogens (primary N) is 1. The second kappa shape index (κ2) is 7.02. The number of aryl methyl sites for hydroxylation is 1. The van der Waals surface area contributed by atoms with Crippen molar-refractivity contribution in [2.24, 2.45) is 5.73 Å². The molecule has 0 saturated heterocycles. The van der Waals surface area contributed by atoms with Crippen LogP contribution in [-0.2, 0) is 6.54 Å². The highest BCUT2D eigenvalue weighted by Gasteiger charge is 2.15. The molecule has 0 amide bonds. The van der Waals surface area contributed by atoms with Crippen molar-refractivity contribution in [3.63, 3.8) is 0 Å². The quantitative estimate of drug-likeness (QED) is 0.899. The molecule has 3 heteroatoms. The minimum absolute atomic E-state index is 0.230. The molecule has 0 aliphatic carbocycles. The molecule has 0 saturated carbocycles. The first-order valence-electron chi connectivity index (χ1n) is 6.81. The summed E-state index contributed by atoms with van der Waals surface area (Å²) in [6.45, 7) is 3.63. The summed E-state index contributed by atoms with van der Waals surface area (Å²) in [7, 11) is 2.13. The van der Waals surface area contributed by atoms with Crippen molar-refractivity contribution in [2.75, 3.05) is 13.6 Å². The number of hydrogen-bond acceptors (Lipinski definition) is 2. The molecule has 0 bridgehead atoms. The van der Waals surface area contributed by atoms with Crippen molar-refractivity contribution in [1.82, 2.24) is 4.90 Å². The fraction of sp³-hybridized carbons (Fsp3) is 0.294. The van der Waals surface area contributed by atoms with Crippen LogP contribution in [0.2, 0.25) is 0 Å². The smallest absolute Gasteiger partial charge is 0.0471 e. The summed E-state index contributed by atoms with van der Waals surface area (Å²) in [6.07, 6.45) is 0. The molecule has 0 aliphatic rings. The maximum Gasteiger partial charge on any atom is 0.0471 e. The number of halogens is 1. The Hall–Kier alpha value is -1.16. The Labute approximate surface area is 129 Å². The van der Waals surface area contributed by atoms with E-state index in [1.54, 1.807) is 0 Å². The highest BCUT2D eigenvalue weighted by molar-refractivity contribution is 9.10. The van der Waals surface area contributed by atoms with Crippen LogP contribution in [0.3, 0.4) is 0 Å². The molecule has 2 rings (SSSR count). The predicted octanol–water partition coefficient (Wildman–Crippen LogP) is 3.89. The first kappa shape index (κ1) is 15.2. The van der Waals surface area contributed by atoms with Gasteiger partial charge in [-0.2, -0.15) is 0 Å². The molecule has 2 nitrogen and oxygen atoms in total. The Morgan fingerprint density at radius 2 is 1.90 bits per heavy atom. The van der Waals surface area contributed by atoms with Gasteiger partial charge in [-0.3, -0.25) is 4.90 Å². The Balaban J connectivity index is 2.15. The van der Waals surface area contributed by atoms with Gasteiger partial charge in [-0.1, -0.05) is 57.9 Å². The van der Waals surface area contributed by atoms with Gasteiger partial charge in [-0.15, -0.1) is 0 Å². The van der Waals surface area contributed by atoms with Crippen LogP contribution in [0.15, 0.2) is 53.0 Å². The molecular weight excluding hydrogens is 312 g/mol. The van der Waals surface area contributed by atoms with E-state index in [4.69, 9.17) is 5.73 Å².